The molecule has 3 rings (SSSR count). The Morgan fingerprint density at radius 1 is 1.38 bits per heavy atom. The summed E-state index contributed by atoms with van der Waals surface area (Å²) in [7, 11) is 0. The zero-order valence-corrected chi connectivity index (χ0v) is 12.0. The van der Waals surface area contributed by atoms with E-state index >= 15 is 0 Å². The van der Waals surface area contributed by atoms with Crippen LogP contribution >= 0.6 is 0 Å². The van der Waals surface area contributed by atoms with Gasteiger partial charge in [-0.3, -0.25) is 9.69 Å². The van der Waals surface area contributed by atoms with Crippen molar-refractivity contribution >= 4 is 11.6 Å². The molecule has 5 heteroatoms. The molecule has 1 aromatic heterocycles. The van der Waals surface area contributed by atoms with Crippen molar-refractivity contribution in [3.63, 3.8) is 0 Å². The van der Waals surface area contributed by atoms with E-state index in [0.717, 1.165) is 24.5 Å². The number of benzene rings is 1. The van der Waals surface area contributed by atoms with E-state index in [1.807, 2.05) is 37.3 Å². The molecule has 1 amide bonds. The zero-order chi connectivity index (χ0) is 14.8. The van der Waals surface area contributed by atoms with Crippen molar-refractivity contribution in [1.29, 1.82) is 0 Å². The van der Waals surface area contributed by atoms with E-state index in [9.17, 15) is 4.79 Å². The number of nitrogens with one attached hydrogen (secondary N) is 1. The lowest BCUT2D eigenvalue weighted by Crippen LogP contribution is -2.42. The van der Waals surface area contributed by atoms with Crippen molar-refractivity contribution < 1.29 is 9.21 Å². The third-order valence-electron chi connectivity index (χ3n) is 3.92. The van der Waals surface area contributed by atoms with Gasteiger partial charge in [0.25, 0.3) is 0 Å². The lowest BCUT2D eigenvalue weighted by atomic mass is 10.1. The minimum Gasteiger partial charge on any atom is -0.467 e. The molecule has 1 aliphatic heterocycles. The summed E-state index contributed by atoms with van der Waals surface area (Å²) < 4.78 is 5.21. The molecule has 1 unspecified atom stereocenters. The molecule has 21 heavy (non-hydrogen) atoms. The molecule has 1 atom stereocenters. The molecular formula is C16H19N3O2. The number of anilines is 1. The van der Waals surface area contributed by atoms with Crippen LogP contribution < -0.4 is 11.1 Å². The minimum atomic E-state index is -0.186. The van der Waals surface area contributed by atoms with Crippen molar-refractivity contribution in [1.82, 2.24) is 10.2 Å². The van der Waals surface area contributed by atoms with Gasteiger partial charge in [-0.05, 0) is 42.3 Å². The average Bonchev–Trinajstić information content (AvgIpc) is 3.12. The van der Waals surface area contributed by atoms with Gasteiger partial charge in [0.15, 0.2) is 0 Å². The van der Waals surface area contributed by atoms with E-state index in [0.29, 0.717) is 6.54 Å². The van der Waals surface area contributed by atoms with Crippen molar-refractivity contribution in [2.45, 2.75) is 32.6 Å². The number of carbonyl (C=O) groups excluding carboxylic acids is 1. The van der Waals surface area contributed by atoms with Crippen molar-refractivity contribution in [3.05, 3.63) is 53.5 Å². The first kappa shape index (κ1) is 13.7. The number of amides is 1. The van der Waals surface area contributed by atoms with Crippen molar-refractivity contribution in [3.8, 4) is 0 Å². The molecule has 0 aliphatic carbocycles. The van der Waals surface area contributed by atoms with Gasteiger partial charge in [0.1, 0.15) is 5.76 Å². The molecule has 1 aliphatic rings. The molecule has 2 aromatic rings. The van der Waals surface area contributed by atoms with Gasteiger partial charge in [-0.2, -0.15) is 0 Å². The molecule has 0 saturated carbocycles. The van der Waals surface area contributed by atoms with E-state index < -0.39 is 0 Å². The Labute approximate surface area is 123 Å². The van der Waals surface area contributed by atoms with E-state index in [4.69, 9.17) is 10.2 Å². The highest BCUT2D eigenvalue weighted by Gasteiger charge is 2.27. The van der Waals surface area contributed by atoms with Crippen molar-refractivity contribution in [2.24, 2.45) is 0 Å². The predicted octanol–water partition coefficient (Wildman–Crippen LogP) is 1.88. The normalized spacial score (nSPS) is 15.7. The molecule has 2 heterocycles. The van der Waals surface area contributed by atoms with Gasteiger partial charge in [-0.1, -0.05) is 6.07 Å². The first-order valence-electron chi connectivity index (χ1n) is 7.05. The average molecular weight is 285 g/mol. The number of furan rings is 1. The Hall–Kier alpha value is -2.27. The van der Waals surface area contributed by atoms with Gasteiger partial charge >= 0.3 is 0 Å². The molecule has 5 nitrogen and oxygen atoms in total. The maximum Gasteiger partial charge on any atom is 0.237 e. The van der Waals surface area contributed by atoms with E-state index in [2.05, 4.69) is 10.2 Å². The summed E-state index contributed by atoms with van der Waals surface area (Å²) in [4.78, 5) is 14.4. The first-order valence-corrected chi connectivity index (χ1v) is 7.05. The van der Waals surface area contributed by atoms with Crippen LogP contribution in [0, 0.1) is 0 Å². The highest BCUT2D eigenvalue weighted by atomic mass is 16.3. The number of nitrogens with zero attached hydrogens (tertiary/aromatic N) is 1. The molecule has 0 fully saturated rings. The van der Waals surface area contributed by atoms with Gasteiger partial charge < -0.3 is 15.5 Å². The number of rotatable bonds is 4. The number of fused-ring (bicyclic) bond motifs is 1. The number of carbonyl (C=O) groups is 1. The molecular weight excluding hydrogens is 266 g/mol. The molecule has 0 bridgehead atoms. The molecule has 0 saturated heterocycles. The number of hydrogen-bond donors (Lipinski definition) is 2. The van der Waals surface area contributed by atoms with Gasteiger partial charge in [0, 0.05) is 18.8 Å². The van der Waals surface area contributed by atoms with Crippen LogP contribution in [0.4, 0.5) is 5.69 Å². The van der Waals surface area contributed by atoms with Crippen molar-refractivity contribution in [2.75, 3.05) is 5.73 Å². The van der Waals surface area contributed by atoms with E-state index in [1.54, 1.807) is 6.26 Å². The van der Waals surface area contributed by atoms with Gasteiger partial charge in [0.2, 0.25) is 5.91 Å². The maximum absolute atomic E-state index is 12.2. The Morgan fingerprint density at radius 2 is 2.19 bits per heavy atom. The summed E-state index contributed by atoms with van der Waals surface area (Å²) in [5, 5.41) is 2.90. The SMILES string of the molecule is CC(C(=O)NCc1ccco1)N1Cc2ccc(N)cc2C1. The Bertz CT molecular complexity index is 637. The fourth-order valence-electron chi connectivity index (χ4n) is 2.62. The van der Waals surface area contributed by atoms with E-state index in [1.165, 1.54) is 11.1 Å². The molecule has 0 radical (unpaired) electrons. The second kappa shape index (κ2) is 5.61. The highest BCUT2D eigenvalue weighted by Crippen LogP contribution is 2.26. The second-order valence-corrected chi connectivity index (χ2v) is 5.41. The summed E-state index contributed by atoms with van der Waals surface area (Å²) in [6.07, 6.45) is 1.60. The van der Waals surface area contributed by atoms with E-state index in [-0.39, 0.29) is 11.9 Å². The lowest BCUT2D eigenvalue weighted by Gasteiger charge is -2.22. The van der Waals surface area contributed by atoms with Crippen LogP contribution in [0.5, 0.6) is 0 Å². The number of nitrogens with two attached hydrogens (primary N) is 1. The summed E-state index contributed by atoms with van der Waals surface area (Å²) in [6.45, 7) is 3.89. The number of hydrogen-bond acceptors (Lipinski definition) is 4. The fraction of sp³-hybridized carbons (Fsp3) is 0.312. The van der Waals surface area contributed by atoms with Gasteiger partial charge in [-0.25, -0.2) is 0 Å². The fourth-order valence-corrected chi connectivity index (χ4v) is 2.62. The maximum atomic E-state index is 12.2. The summed E-state index contributed by atoms with van der Waals surface area (Å²) in [5.41, 5.74) is 9.03. The number of nitrogen functional groups attached to an aromatic ring is 1. The molecule has 110 valence electrons. The molecule has 3 N–H and O–H groups in total. The minimum absolute atomic E-state index is 0.00665. The van der Waals surface area contributed by atoms with Crippen LogP contribution in [-0.4, -0.2) is 16.8 Å². The smallest absolute Gasteiger partial charge is 0.237 e. The Balaban J connectivity index is 1.59. The largest absolute Gasteiger partial charge is 0.467 e. The molecule has 1 aromatic carbocycles. The second-order valence-electron chi connectivity index (χ2n) is 5.41. The Kier molecular flexibility index (Phi) is 3.66. The van der Waals surface area contributed by atoms with Crippen LogP contribution in [0.25, 0.3) is 0 Å². The zero-order valence-electron chi connectivity index (χ0n) is 12.0. The predicted molar refractivity (Wildman–Crippen MR) is 80.1 cm³/mol. The van der Waals surface area contributed by atoms with Crippen LogP contribution in [-0.2, 0) is 24.4 Å². The monoisotopic (exact) mass is 285 g/mol. The van der Waals surface area contributed by atoms with Crippen LogP contribution in [0.2, 0.25) is 0 Å². The topological polar surface area (TPSA) is 71.5 Å². The summed E-state index contributed by atoms with van der Waals surface area (Å²) in [5.74, 6) is 0.764. The van der Waals surface area contributed by atoms with Crippen LogP contribution in [0.15, 0.2) is 41.0 Å². The quantitative estimate of drug-likeness (QED) is 0.841. The highest BCUT2D eigenvalue weighted by molar-refractivity contribution is 5.81. The van der Waals surface area contributed by atoms with Crippen LogP contribution in [0.3, 0.4) is 0 Å². The summed E-state index contributed by atoms with van der Waals surface area (Å²) in [6, 6.07) is 9.41. The third-order valence-corrected chi connectivity index (χ3v) is 3.92. The van der Waals surface area contributed by atoms with Crippen LogP contribution in [0.1, 0.15) is 23.8 Å². The molecule has 0 spiro atoms. The standard InChI is InChI=1S/C16H19N3O2/c1-11(16(20)18-8-15-3-2-6-21-15)19-9-12-4-5-14(17)7-13(12)10-19/h2-7,11H,8-10,17H2,1H3,(H,18,20). The first-order chi connectivity index (χ1) is 10.1. The summed E-state index contributed by atoms with van der Waals surface area (Å²) >= 11 is 0. The Morgan fingerprint density at radius 3 is 2.95 bits per heavy atom. The third kappa shape index (κ3) is 2.92. The lowest BCUT2D eigenvalue weighted by molar-refractivity contribution is -0.126. The van der Waals surface area contributed by atoms with Gasteiger partial charge in [0.05, 0.1) is 18.8 Å². The van der Waals surface area contributed by atoms with Gasteiger partial charge in [-0.15, -0.1) is 0 Å².